The van der Waals surface area contributed by atoms with Crippen LogP contribution in [0.4, 0.5) is 0 Å². The summed E-state index contributed by atoms with van der Waals surface area (Å²) in [5, 5.41) is 9.60. The van der Waals surface area contributed by atoms with Crippen molar-refractivity contribution in [2.24, 2.45) is 0 Å². The van der Waals surface area contributed by atoms with Gasteiger partial charge in [0.25, 0.3) is 0 Å². The van der Waals surface area contributed by atoms with Crippen LogP contribution in [0.2, 0.25) is 0 Å². The third-order valence-electron chi connectivity index (χ3n) is 2.75. The summed E-state index contributed by atoms with van der Waals surface area (Å²) in [7, 11) is 0. The van der Waals surface area contributed by atoms with Gasteiger partial charge in [-0.1, -0.05) is 0 Å². The Morgan fingerprint density at radius 1 is 1.33 bits per heavy atom. The van der Waals surface area contributed by atoms with Crippen LogP contribution in [-0.2, 0) is 0 Å². The Morgan fingerprint density at radius 3 is 2.92 bits per heavy atom. The summed E-state index contributed by atoms with van der Waals surface area (Å²) in [6.07, 6.45) is 4.73. The first-order valence-electron chi connectivity index (χ1n) is 4.71. The summed E-state index contributed by atoms with van der Waals surface area (Å²) < 4.78 is 0.459. The second-order valence-corrected chi connectivity index (χ2v) is 6.50. The minimum atomic E-state index is -0.00931. The second-order valence-electron chi connectivity index (χ2n) is 3.83. The molecule has 70 valence electrons. The molecule has 1 spiro atoms. The molecule has 0 saturated carbocycles. The molecule has 2 fully saturated rings. The summed E-state index contributed by atoms with van der Waals surface area (Å²) in [5.41, 5.74) is 0. The van der Waals surface area contributed by atoms with E-state index in [2.05, 4.69) is 23.5 Å². The predicted octanol–water partition coefficient (Wildman–Crippen LogP) is 2.14. The molecule has 2 aliphatic heterocycles. The zero-order valence-corrected chi connectivity index (χ0v) is 8.92. The molecule has 2 saturated heterocycles. The first-order chi connectivity index (χ1) is 5.81. The van der Waals surface area contributed by atoms with E-state index in [1.165, 1.54) is 30.1 Å². The molecule has 1 N–H and O–H groups in total. The molecule has 0 bridgehead atoms. The van der Waals surface area contributed by atoms with Crippen LogP contribution in [0.3, 0.4) is 0 Å². The van der Waals surface area contributed by atoms with Gasteiger partial charge < -0.3 is 5.11 Å². The number of aliphatic hydroxyl groups excluding tert-OH is 1. The molecule has 3 heteroatoms. The van der Waals surface area contributed by atoms with Crippen LogP contribution >= 0.6 is 23.5 Å². The Bertz CT molecular complexity index is 149. The van der Waals surface area contributed by atoms with E-state index in [0.717, 1.165) is 12.8 Å². The van der Waals surface area contributed by atoms with Crippen LogP contribution in [0.1, 0.15) is 25.7 Å². The average molecular weight is 204 g/mol. The van der Waals surface area contributed by atoms with Crippen molar-refractivity contribution in [1.82, 2.24) is 0 Å². The molecule has 0 aromatic heterocycles. The van der Waals surface area contributed by atoms with E-state index in [0.29, 0.717) is 4.75 Å². The highest BCUT2D eigenvalue weighted by molar-refractivity contribution is 8.04. The van der Waals surface area contributed by atoms with Crippen LogP contribution in [0.25, 0.3) is 0 Å². The standard InChI is InChI=1S/C9H16OS2/c10-8-2-5-12-9(6-8)3-1-4-11-7-9/h8,10H,1-7H2. The quantitative estimate of drug-likeness (QED) is 0.653. The van der Waals surface area contributed by atoms with Crippen molar-refractivity contribution in [1.29, 1.82) is 0 Å². The monoisotopic (exact) mass is 204 g/mol. The van der Waals surface area contributed by atoms with Crippen LogP contribution < -0.4 is 0 Å². The number of hydrogen-bond acceptors (Lipinski definition) is 3. The second kappa shape index (κ2) is 3.81. The molecule has 2 aliphatic rings. The van der Waals surface area contributed by atoms with E-state index in [4.69, 9.17) is 0 Å². The van der Waals surface area contributed by atoms with Gasteiger partial charge in [0.1, 0.15) is 0 Å². The third-order valence-corrected chi connectivity index (χ3v) is 5.84. The van der Waals surface area contributed by atoms with Gasteiger partial charge in [-0.2, -0.15) is 23.5 Å². The molecule has 2 heterocycles. The fourth-order valence-electron chi connectivity index (χ4n) is 2.10. The van der Waals surface area contributed by atoms with E-state index in [1.54, 1.807) is 0 Å². The van der Waals surface area contributed by atoms with E-state index in [9.17, 15) is 5.11 Å². The predicted molar refractivity (Wildman–Crippen MR) is 57.0 cm³/mol. The topological polar surface area (TPSA) is 20.2 Å². The molecule has 1 nitrogen and oxygen atoms in total. The molecular weight excluding hydrogens is 188 g/mol. The van der Waals surface area contributed by atoms with E-state index >= 15 is 0 Å². The van der Waals surface area contributed by atoms with Crippen LogP contribution in [0.15, 0.2) is 0 Å². The summed E-state index contributed by atoms with van der Waals surface area (Å²) in [4.78, 5) is 0. The molecule has 0 aromatic carbocycles. The molecule has 2 rings (SSSR count). The van der Waals surface area contributed by atoms with Crippen molar-refractivity contribution in [2.75, 3.05) is 17.3 Å². The number of thioether (sulfide) groups is 2. The van der Waals surface area contributed by atoms with Crippen LogP contribution in [0, 0.1) is 0 Å². The largest absolute Gasteiger partial charge is 0.393 e. The Hall–Kier alpha value is 0.660. The van der Waals surface area contributed by atoms with E-state index in [1.807, 2.05) is 0 Å². The molecule has 2 unspecified atom stereocenters. The number of hydrogen-bond donors (Lipinski definition) is 1. The van der Waals surface area contributed by atoms with Crippen molar-refractivity contribution in [3.8, 4) is 0 Å². The highest BCUT2D eigenvalue weighted by Gasteiger charge is 2.37. The molecule has 12 heavy (non-hydrogen) atoms. The van der Waals surface area contributed by atoms with Gasteiger partial charge in [-0.05, 0) is 37.2 Å². The maximum Gasteiger partial charge on any atom is 0.0561 e. The smallest absolute Gasteiger partial charge is 0.0561 e. The van der Waals surface area contributed by atoms with Gasteiger partial charge in [-0.15, -0.1) is 0 Å². The Kier molecular flexibility index (Phi) is 2.93. The lowest BCUT2D eigenvalue weighted by Gasteiger charge is -2.41. The molecular formula is C9H16OS2. The Labute approximate surface area is 82.7 Å². The summed E-state index contributed by atoms with van der Waals surface area (Å²) >= 11 is 4.18. The van der Waals surface area contributed by atoms with Crippen LogP contribution in [0.5, 0.6) is 0 Å². The highest BCUT2D eigenvalue weighted by Crippen LogP contribution is 2.45. The van der Waals surface area contributed by atoms with Gasteiger partial charge in [0.2, 0.25) is 0 Å². The lowest BCUT2D eigenvalue weighted by molar-refractivity contribution is 0.142. The lowest BCUT2D eigenvalue weighted by Crippen LogP contribution is -2.39. The average Bonchev–Trinajstić information content (AvgIpc) is 2.05. The minimum absolute atomic E-state index is 0.00931. The van der Waals surface area contributed by atoms with Crippen molar-refractivity contribution >= 4 is 23.5 Å². The fourth-order valence-corrected chi connectivity index (χ4v) is 5.24. The SMILES string of the molecule is OC1CCSC2(CCCSC2)C1. The Balaban J connectivity index is 1.97. The summed E-state index contributed by atoms with van der Waals surface area (Å²) in [6.45, 7) is 0. The molecule has 2 atom stereocenters. The number of rotatable bonds is 0. The van der Waals surface area contributed by atoms with Gasteiger partial charge in [0, 0.05) is 10.5 Å². The van der Waals surface area contributed by atoms with Crippen molar-refractivity contribution in [3.05, 3.63) is 0 Å². The van der Waals surface area contributed by atoms with E-state index in [-0.39, 0.29) is 6.10 Å². The first kappa shape index (κ1) is 9.22. The summed E-state index contributed by atoms with van der Waals surface area (Å²) in [6, 6.07) is 0. The zero-order valence-electron chi connectivity index (χ0n) is 7.29. The minimum Gasteiger partial charge on any atom is -0.393 e. The Morgan fingerprint density at radius 2 is 2.25 bits per heavy atom. The van der Waals surface area contributed by atoms with Crippen LogP contribution in [-0.4, -0.2) is 33.2 Å². The van der Waals surface area contributed by atoms with Crippen molar-refractivity contribution in [3.63, 3.8) is 0 Å². The van der Waals surface area contributed by atoms with Gasteiger partial charge in [-0.25, -0.2) is 0 Å². The van der Waals surface area contributed by atoms with Gasteiger partial charge in [0.15, 0.2) is 0 Å². The first-order valence-corrected chi connectivity index (χ1v) is 6.85. The maximum atomic E-state index is 9.60. The van der Waals surface area contributed by atoms with Gasteiger partial charge in [0.05, 0.1) is 6.10 Å². The molecule has 0 aliphatic carbocycles. The maximum absolute atomic E-state index is 9.60. The third kappa shape index (κ3) is 1.94. The lowest BCUT2D eigenvalue weighted by atomic mass is 9.95. The highest BCUT2D eigenvalue weighted by atomic mass is 32.2. The van der Waals surface area contributed by atoms with Gasteiger partial charge in [-0.3, -0.25) is 0 Å². The molecule has 0 radical (unpaired) electrons. The fraction of sp³-hybridized carbons (Fsp3) is 1.00. The number of aliphatic hydroxyl groups is 1. The van der Waals surface area contributed by atoms with Crippen molar-refractivity contribution < 1.29 is 5.11 Å². The van der Waals surface area contributed by atoms with Crippen molar-refractivity contribution in [2.45, 2.75) is 36.5 Å². The van der Waals surface area contributed by atoms with Gasteiger partial charge >= 0.3 is 0 Å². The molecule has 0 amide bonds. The van der Waals surface area contributed by atoms with E-state index < -0.39 is 0 Å². The normalized spacial score (nSPS) is 43.2. The molecule has 0 aromatic rings. The summed E-state index contributed by atoms with van der Waals surface area (Å²) in [5.74, 6) is 3.77. The zero-order chi connectivity index (χ0) is 8.44.